The first-order chi connectivity index (χ1) is 5.84. The van der Waals surface area contributed by atoms with Crippen LogP contribution in [0.15, 0.2) is 24.3 Å². The number of benzene rings is 1. The zero-order chi connectivity index (χ0) is 8.81. The summed E-state index contributed by atoms with van der Waals surface area (Å²) in [5.41, 5.74) is 6.28. The third kappa shape index (κ3) is 2.81. The lowest BCUT2D eigenvalue weighted by Gasteiger charge is -2.03. The predicted molar refractivity (Wildman–Crippen MR) is 50.2 cm³/mol. The summed E-state index contributed by atoms with van der Waals surface area (Å²) in [6, 6.07) is 7.63. The maximum Gasteiger partial charge on any atom is 0.0731 e. The van der Waals surface area contributed by atoms with Gasteiger partial charge < -0.3 is 10.5 Å². The highest BCUT2D eigenvalue weighted by atomic mass is 35.5. The zero-order valence-electron chi connectivity index (χ0n) is 6.79. The van der Waals surface area contributed by atoms with E-state index in [0.29, 0.717) is 19.8 Å². The summed E-state index contributed by atoms with van der Waals surface area (Å²) in [5, 5.41) is 0.745. The van der Waals surface area contributed by atoms with Crippen LogP contribution >= 0.6 is 11.6 Å². The topological polar surface area (TPSA) is 35.2 Å². The van der Waals surface area contributed by atoms with Gasteiger partial charge in [0.1, 0.15) is 0 Å². The maximum absolute atomic E-state index is 5.89. The molecule has 1 rings (SSSR count). The molecular formula is C9H12ClNO. The molecule has 3 heteroatoms. The minimum absolute atomic E-state index is 0.539. The lowest BCUT2D eigenvalue weighted by Crippen LogP contribution is -2.08. The predicted octanol–water partition coefficient (Wildman–Crippen LogP) is 1.82. The lowest BCUT2D eigenvalue weighted by molar-refractivity contribution is 0.128. The molecule has 0 aliphatic heterocycles. The second-order valence-corrected chi connectivity index (χ2v) is 2.84. The molecular weight excluding hydrogens is 174 g/mol. The summed E-state index contributed by atoms with van der Waals surface area (Å²) in [4.78, 5) is 0. The van der Waals surface area contributed by atoms with Crippen molar-refractivity contribution in [3.05, 3.63) is 34.9 Å². The third-order valence-electron chi connectivity index (χ3n) is 1.48. The van der Waals surface area contributed by atoms with Gasteiger partial charge in [-0.25, -0.2) is 0 Å². The van der Waals surface area contributed by atoms with E-state index in [2.05, 4.69) is 0 Å². The summed E-state index contributed by atoms with van der Waals surface area (Å²) in [5.74, 6) is 0. The average Bonchev–Trinajstić information content (AvgIpc) is 2.09. The highest BCUT2D eigenvalue weighted by Gasteiger charge is 1.97. The van der Waals surface area contributed by atoms with Crippen LogP contribution in [0.25, 0.3) is 0 Å². The molecule has 0 aliphatic carbocycles. The number of hydrogen-bond acceptors (Lipinski definition) is 2. The van der Waals surface area contributed by atoms with Crippen molar-refractivity contribution in [2.75, 3.05) is 13.2 Å². The Morgan fingerprint density at radius 3 is 2.75 bits per heavy atom. The van der Waals surface area contributed by atoms with Gasteiger partial charge in [0.05, 0.1) is 13.2 Å². The molecule has 0 unspecified atom stereocenters. The summed E-state index contributed by atoms with van der Waals surface area (Å²) in [6.07, 6.45) is 0. The Hall–Kier alpha value is -0.570. The van der Waals surface area contributed by atoms with E-state index in [1.54, 1.807) is 0 Å². The van der Waals surface area contributed by atoms with Gasteiger partial charge in [-0.15, -0.1) is 0 Å². The molecule has 1 aromatic rings. The number of halogens is 1. The van der Waals surface area contributed by atoms with E-state index >= 15 is 0 Å². The Kier molecular flexibility index (Phi) is 4.08. The van der Waals surface area contributed by atoms with E-state index < -0.39 is 0 Å². The second-order valence-electron chi connectivity index (χ2n) is 2.43. The fourth-order valence-corrected chi connectivity index (χ4v) is 1.07. The lowest BCUT2D eigenvalue weighted by atomic mass is 10.2. The number of ether oxygens (including phenoxy) is 1. The van der Waals surface area contributed by atoms with Crippen molar-refractivity contribution in [2.45, 2.75) is 6.61 Å². The van der Waals surface area contributed by atoms with E-state index in [4.69, 9.17) is 22.1 Å². The van der Waals surface area contributed by atoms with Crippen molar-refractivity contribution in [1.82, 2.24) is 0 Å². The number of rotatable bonds is 4. The highest BCUT2D eigenvalue weighted by molar-refractivity contribution is 6.31. The van der Waals surface area contributed by atoms with Crippen molar-refractivity contribution >= 4 is 11.6 Å². The van der Waals surface area contributed by atoms with Gasteiger partial charge in [-0.3, -0.25) is 0 Å². The monoisotopic (exact) mass is 185 g/mol. The Balaban J connectivity index is 2.46. The first-order valence-electron chi connectivity index (χ1n) is 3.86. The average molecular weight is 186 g/mol. The SMILES string of the molecule is NCCOCc1ccccc1Cl. The van der Waals surface area contributed by atoms with Gasteiger partial charge in [0.15, 0.2) is 0 Å². The molecule has 0 bridgehead atoms. The Morgan fingerprint density at radius 2 is 2.08 bits per heavy atom. The molecule has 0 saturated carbocycles. The van der Waals surface area contributed by atoms with Gasteiger partial charge in [-0.05, 0) is 11.6 Å². The van der Waals surface area contributed by atoms with E-state index in [9.17, 15) is 0 Å². The van der Waals surface area contributed by atoms with E-state index in [-0.39, 0.29) is 0 Å². The van der Waals surface area contributed by atoms with Gasteiger partial charge in [0.25, 0.3) is 0 Å². The van der Waals surface area contributed by atoms with Crippen LogP contribution in [0.3, 0.4) is 0 Å². The maximum atomic E-state index is 5.89. The molecule has 1 aromatic carbocycles. The van der Waals surface area contributed by atoms with Crippen LogP contribution < -0.4 is 5.73 Å². The fourth-order valence-electron chi connectivity index (χ4n) is 0.881. The molecule has 2 N–H and O–H groups in total. The van der Waals surface area contributed by atoms with Crippen LogP contribution in [0.4, 0.5) is 0 Å². The molecule has 2 nitrogen and oxygen atoms in total. The Bertz CT molecular complexity index is 240. The fraction of sp³-hybridized carbons (Fsp3) is 0.333. The molecule has 0 atom stereocenters. The molecule has 0 aromatic heterocycles. The van der Waals surface area contributed by atoms with Crippen LogP contribution in [-0.2, 0) is 11.3 Å². The molecule has 66 valence electrons. The largest absolute Gasteiger partial charge is 0.375 e. The molecule has 0 amide bonds. The van der Waals surface area contributed by atoms with Gasteiger partial charge in [0, 0.05) is 11.6 Å². The standard InChI is InChI=1S/C9H12ClNO/c10-9-4-2-1-3-8(9)7-12-6-5-11/h1-4H,5-7,11H2. The quantitative estimate of drug-likeness (QED) is 0.727. The zero-order valence-corrected chi connectivity index (χ0v) is 7.55. The first-order valence-corrected chi connectivity index (χ1v) is 4.23. The molecule has 0 fully saturated rings. The Morgan fingerprint density at radius 1 is 1.33 bits per heavy atom. The van der Waals surface area contributed by atoms with Gasteiger partial charge in [-0.1, -0.05) is 29.8 Å². The normalized spacial score (nSPS) is 10.2. The van der Waals surface area contributed by atoms with Crippen LogP contribution in [0.2, 0.25) is 5.02 Å². The summed E-state index contributed by atoms with van der Waals surface area (Å²) in [7, 11) is 0. The van der Waals surface area contributed by atoms with Crippen molar-refractivity contribution in [1.29, 1.82) is 0 Å². The third-order valence-corrected chi connectivity index (χ3v) is 1.85. The van der Waals surface area contributed by atoms with Crippen molar-refractivity contribution < 1.29 is 4.74 Å². The second kappa shape index (κ2) is 5.14. The molecule has 0 radical (unpaired) electrons. The molecule has 0 spiro atoms. The molecule has 0 aliphatic rings. The molecule has 0 saturated heterocycles. The van der Waals surface area contributed by atoms with Crippen LogP contribution in [0.1, 0.15) is 5.56 Å². The van der Waals surface area contributed by atoms with E-state index in [0.717, 1.165) is 10.6 Å². The van der Waals surface area contributed by atoms with Crippen LogP contribution in [0.5, 0.6) is 0 Å². The minimum atomic E-state index is 0.539. The Labute approximate surface area is 77.3 Å². The van der Waals surface area contributed by atoms with Gasteiger partial charge >= 0.3 is 0 Å². The van der Waals surface area contributed by atoms with Crippen LogP contribution in [-0.4, -0.2) is 13.2 Å². The van der Waals surface area contributed by atoms with Crippen molar-refractivity contribution in [3.8, 4) is 0 Å². The van der Waals surface area contributed by atoms with Gasteiger partial charge in [-0.2, -0.15) is 0 Å². The summed E-state index contributed by atoms with van der Waals surface area (Å²) in [6.45, 7) is 1.66. The van der Waals surface area contributed by atoms with Crippen molar-refractivity contribution in [2.24, 2.45) is 5.73 Å². The van der Waals surface area contributed by atoms with Crippen LogP contribution in [0, 0.1) is 0 Å². The highest BCUT2D eigenvalue weighted by Crippen LogP contribution is 2.15. The summed E-state index contributed by atoms with van der Waals surface area (Å²) < 4.78 is 5.24. The van der Waals surface area contributed by atoms with Gasteiger partial charge in [0.2, 0.25) is 0 Å². The van der Waals surface area contributed by atoms with E-state index in [1.807, 2.05) is 24.3 Å². The van der Waals surface area contributed by atoms with Crippen molar-refractivity contribution in [3.63, 3.8) is 0 Å². The number of nitrogens with two attached hydrogens (primary N) is 1. The van der Waals surface area contributed by atoms with E-state index in [1.165, 1.54) is 0 Å². The smallest absolute Gasteiger partial charge is 0.0731 e. The number of hydrogen-bond donors (Lipinski definition) is 1. The first kappa shape index (κ1) is 9.52. The molecule has 12 heavy (non-hydrogen) atoms. The molecule has 0 heterocycles. The minimum Gasteiger partial charge on any atom is -0.375 e. The summed E-state index contributed by atoms with van der Waals surface area (Å²) >= 11 is 5.89.